The minimum atomic E-state index is -0.437. The van der Waals surface area contributed by atoms with Crippen LogP contribution in [0.2, 0.25) is 0 Å². The molecule has 1 aliphatic carbocycles. The third-order valence-corrected chi connectivity index (χ3v) is 4.50. The van der Waals surface area contributed by atoms with Crippen molar-refractivity contribution in [2.45, 2.75) is 17.8 Å². The summed E-state index contributed by atoms with van der Waals surface area (Å²) in [5.41, 5.74) is 3.56. The molecule has 1 aliphatic rings. The Kier molecular flexibility index (Phi) is 3.35. The zero-order valence-corrected chi connectivity index (χ0v) is 12.7. The summed E-state index contributed by atoms with van der Waals surface area (Å²) < 4.78 is 0. The summed E-state index contributed by atoms with van der Waals surface area (Å²) in [5, 5.41) is 18.6. The summed E-state index contributed by atoms with van der Waals surface area (Å²) in [6, 6.07) is 20.4. The Morgan fingerprint density at radius 2 is 1.64 bits per heavy atom. The van der Waals surface area contributed by atoms with Gasteiger partial charge in [-0.25, -0.2) is 0 Å². The molecule has 1 saturated carbocycles. The number of hydrogen-bond donors (Lipinski definition) is 0. The molecule has 0 aromatic heterocycles. The molecule has 2 aromatic rings. The fourth-order valence-electron chi connectivity index (χ4n) is 3.02. The lowest BCUT2D eigenvalue weighted by atomic mass is 9.91. The van der Waals surface area contributed by atoms with Crippen molar-refractivity contribution in [1.82, 2.24) is 0 Å². The van der Waals surface area contributed by atoms with Gasteiger partial charge in [-0.15, -0.1) is 0 Å². The lowest BCUT2D eigenvalue weighted by molar-refractivity contribution is 0.855. The van der Waals surface area contributed by atoms with Gasteiger partial charge in [0.25, 0.3) is 0 Å². The zero-order valence-electron chi connectivity index (χ0n) is 12.7. The van der Waals surface area contributed by atoms with Crippen molar-refractivity contribution in [3.05, 3.63) is 65.2 Å². The summed E-state index contributed by atoms with van der Waals surface area (Å²) in [6.07, 6.45) is 0.844. The van der Waals surface area contributed by atoms with E-state index in [0.717, 1.165) is 17.7 Å². The molecule has 0 N–H and O–H groups in total. The smallest absolute Gasteiger partial charge is 0.0991 e. The predicted octanol–water partition coefficient (Wildman–Crippen LogP) is 3.57. The monoisotopic (exact) mass is 287 g/mol. The standard InChI is InChI=1S/C19H17N3/c1-22(2)17-9-5-15(6-10-17)18-11-19(18,13-21)16-7-3-14(12-20)4-8-16/h3-10,18H,11H2,1-2H3/t18-,19+/m0/s1. The number of benzene rings is 2. The van der Waals surface area contributed by atoms with Crippen molar-refractivity contribution >= 4 is 5.69 Å². The molecule has 1 fully saturated rings. The van der Waals surface area contributed by atoms with E-state index in [1.54, 1.807) is 12.1 Å². The Morgan fingerprint density at radius 3 is 2.14 bits per heavy atom. The topological polar surface area (TPSA) is 50.8 Å². The summed E-state index contributed by atoms with van der Waals surface area (Å²) in [7, 11) is 4.03. The average Bonchev–Trinajstić information content (AvgIpc) is 3.31. The summed E-state index contributed by atoms with van der Waals surface area (Å²) >= 11 is 0. The van der Waals surface area contributed by atoms with Gasteiger partial charge in [-0.1, -0.05) is 24.3 Å². The highest BCUT2D eigenvalue weighted by Crippen LogP contribution is 2.60. The first kappa shape index (κ1) is 14.2. The highest BCUT2D eigenvalue weighted by molar-refractivity contribution is 5.53. The number of hydrogen-bond acceptors (Lipinski definition) is 3. The Morgan fingerprint density at radius 1 is 1.00 bits per heavy atom. The number of rotatable bonds is 3. The van der Waals surface area contributed by atoms with E-state index in [0.29, 0.717) is 5.56 Å². The van der Waals surface area contributed by atoms with Gasteiger partial charge in [0.2, 0.25) is 0 Å². The van der Waals surface area contributed by atoms with E-state index in [2.05, 4.69) is 41.3 Å². The zero-order chi connectivity index (χ0) is 15.7. The van der Waals surface area contributed by atoms with Crippen LogP contribution in [-0.2, 0) is 5.41 Å². The van der Waals surface area contributed by atoms with Crippen LogP contribution in [0.4, 0.5) is 5.69 Å². The van der Waals surface area contributed by atoms with Crippen molar-refractivity contribution in [1.29, 1.82) is 10.5 Å². The molecule has 0 aliphatic heterocycles. The lowest BCUT2D eigenvalue weighted by Gasteiger charge is -2.14. The van der Waals surface area contributed by atoms with Gasteiger partial charge in [0, 0.05) is 25.7 Å². The Balaban J connectivity index is 1.88. The second kappa shape index (κ2) is 5.20. The van der Waals surface area contributed by atoms with Gasteiger partial charge in [-0.3, -0.25) is 0 Å². The maximum absolute atomic E-state index is 9.69. The van der Waals surface area contributed by atoms with Crippen molar-refractivity contribution in [3.8, 4) is 12.1 Å². The van der Waals surface area contributed by atoms with Gasteiger partial charge in [-0.2, -0.15) is 10.5 Å². The normalized spacial score (nSPS) is 22.5. The lowest BCUT2D eigenvalue weighted by Crippen LogP contribution is -2.09. The van der Waals surface area contributed by atoms with E-state index in [1.165, 1.54) is 5.56 Å². The molecular formula is C19H17N3. The fourth-order valence-corrected chi connectivity index (χ4v) is 3.02. The van der Waals surface area contributed by atoms with Crippen LogP contribution >= 0.6 is 0 Å². The van der Waals surface area contributed by atoms with Crippen LogP contribution in [0.1, 0.15) is 29.0 Å². The van der Waals surface area contributed by atoms with E-state index in [9.17, 15) is 5.26 Å². The molecule has 0 unspecified atom stereocenters. The molecule has 3 rings (SSSR count). The van der Waals surface area contributed by atoms with E-state index in [1.807, 2.05) is 26.2 Å². The van der Waals surface area contributed by atoms with Crippen molar-refractivity contribution in [3.63, 3.8) is 0 Å². The third kappa shape index (κ3) is 2.22. The van der Waals surface area contributed by atoms with E-state index < -0.39 is 5.41 Å². The highest BCUT2D eigenvalue weighted by Gasteiger charge is 2.56. The Labute approximate surface area is 131 Å². The van der Waals surface area contributed by atoms with Gasteiger partial charge in [0.15, 0.2) is 0 Å². The first-order chi connectivity index (χ1) is 10.6. The molecule has 2 aromatic carbocycles. The van der Waals surface area contributed by atoms with Crippen LogP contribution in [0.25, 0.3) is 0 Å². The van der Waals surface area contributed by atoms with Crippen LogP contribution < -0.4 is 4.90 Å². The van der Waals surface area contributed by atoms with Crippen molar-refractivity contribution in [2.24, 2.45) is 0 Å². The Bertz CT molecular complexity index is 760. The first-order valence-electron chi connectivity index (χ1n) is 7.30. The molecule has 2 atom stereocenters. The van der Waals surface area contributed by atoms with E-state index >= 15 is 0 Å². The van der Waals surface area contributed by atoms with E-state index in [-0.39, 0.29) is 5.92 Å². The van der Waals surface area contributed by atoms with Gasteiger partial charge < -0.3 is 4.90 Å². The minimum absolute atomic E-state index is 0.238. The predicted molar refractivity (Wildman–Crippen MR) is 86.6 cm³/mol. The second-order valence-corrected chi connectivity index (χ2v) is 6.01. The average molecular weight is 287 g/mol. The molecule has 108 valence electrons. The molecule has 3 nitrogen and oxygen atoms in total. The fraction of sp³-hybridized carbons (Fsp3) is 0.263. The molecule has 22 heavy (non-hydrogen) atoms. The quantitative estimate of drug-likeness (QED) is 0.867. The highest BCUT2D eigenvalue weighted by atomic mass is 15.1. The van der Waals surface area contributed by atoms with Crippen LogP contribution in [0.15, 0.2) is 48.5 Å². The maximum atomic E-state index is 9.69. The van der Waals surface area contributed by atoms with Gasteiger partial charge >= 0.3 is 0 Å². The molecule has 0 spiro atoms. The maximum Gasteiger partial charge on any atom is 0.0991 e. The molecule has 0 amide bonds. The van der Waals surface area contributed by atoms with Crippen LogP contribution in [0.5, 0.6) is 0 Å². The molecule has 0 saturated heterocycles. The third-order valence-electron chi connectivity index (χ3n) is 4.50. The molecule has 0 bridgehead atoms. The van der Waals surface area contributed by atoms with Crippen LogP contribution in [-0.4, -0.2) is 14.1 Å². The summed E-state index contributed by atoms with van der Waals surface area (Å²) in [6.45, 7) is 0. The number of anilines is 1. The molecule has 0 heterocycles. The van der Waals surface area contributed by atoms with Gasteiger partial charge in [0.1, 0.15) is 0 Å². The molecular weight excluding hydrogens is 270 g/mol. The number of nitriles is 2. The second-order valence-electron chi connectivity index (χ2n) is 6.01. The first-order valence-corrected chi connectivity index (χ1v) is 7.30. The molecule has 3 heteroatoms. The van der Waals surface area contributed by atoms with Crippen molar-refractivity contribution < 1.29 is 0 Å². The number of nitrogens with zero attached hydrogens (tertiary/aromatic N) is 3. The van der Waals surface area contributed by atoms with Gasteiger partial charge in [-0.05, 0) is 41.8 Å². The van der Waals surface area contributed by atoms with Crippen molar-refractivity contribution in [2.75, 3.05) is 19.0 Å². The molecule has 0 radical (unpaired) electrons. The van der Waals surface area contributed by atoms with Crippen LogP contribution in [0.3, 0.4) is 0 Å². The largest absolute Gasteiger partial charge is 0.378 e. The minimum Gasteiger partial charge on any atom is -0.378 e. The summed E-state index contributed by atoms with van der Waals surface area (Å²) in [4.78, 5) is 2.06. The van der Waals surface area contributed by atoms with Gasteiger partial charge in [0.05, 0.1) is 23.1 Å². The van der Waals surface area contributed by atoms with E-state index in [4.69, 9.17) is 5.26 Å². The van der Waals surface area contributed by atoms with Crippen LogP contribution in [0, 0.1) is 22.7 Å². The Hall–Kier alpha value is -2.78. The SMILES string of the molecule is CN(C)c1ccc([C@@H]2C[C@@]2(C#N)c2ccc(C#N)cc2)cc1. The summed E-state index contributed by atoms with van der Waals surface area (Å²) in [5.74, 6) is 0.238.